The molecule has 4 nitrogen and oxygen atoms in total. The molecule has 0 bridgehead atoms. The number of carbonyl (C=O) groups excluding carboxylic acids is 1. The highest BCUT2D eigenvalue weighted by Gasteiger charge is 2.21. The Balaban J connectivity index is 1.90. The number of furan rings is 1. The van der Waals surface area contributed by atoms with Gasteiger partial charge in [-0.05, 0) is 61.7 Å². The molecule has 2 aromatic heterocycles. The molecule has 1 N–H and O–H groups in total. The smallest absolute Gasteiger partial charge is 0.268 e. The molecule has 1 aromatic carbocycles. The molecule has 0 fully saturated rings. The molecule has 26 heavy (non-hydrogen) atoms. The molecule has 0 unspecified atom stereocenters. The van der Waals surface area contributed by atoms with Crippen molar-refractivity contribution in [2.75, 3.05) is 0 Å². The van der Waals surface area contributed by atoms with E-state index in [1.807, 2.05) is 25.3 Å². The molecule has 2 heterocycles. The van der Waals surface area contributed by atoms with Crippen LogP contribution >= 0.6 is 0 Å². The standard InChI is InChI=1S/C20H20F2N2O2/c1-12-13(2)19(20(25)23-10-16-5-4-8-26-16)24(14(12)3)11-15-6-7-17(21)18(22)9-15/h4-9H,10-11H2,1-3H3,(H,23,25). The van der Waals surface area contributed by atoms with Crippen molar-refractivity contribution >= 4 is 5.91 Å². The van der Waals surface area contributed by atoms with Crippen molar-refractivity contribution in [3.8, 4) is 0 Å². The Hall–Kier alpha value is -2.89. The van der Waals surface area contributed by atoms with Crippen LogP contribution in [0.5, 0.6) is 0 Å². The summed E-state index contributed by atoms with van der Waals surface area (Å²) in [6, 6.07) is 7.31. The lowest BCUT2D eigenvalue weighted by Gasteiger charge is -2.13. The van der Waals surface area contributed by atoms with E-state index in [0.717, 1.165) is 29.0 Å². The van der Waals surface area contributed by atoms with E-state index in [4.69, 9.17) is 4.42 Å². The van der Waals surface area contributed by atoms with Gasteiger partial charge in [0.25, 0.3) is 5.91 Å². The fourth-order valence-electron chi connectivity index (χ4n) is 3.00. The van der Waals surface area contributed by atoms with Crippen LogP contribution in [0.1, 0.15) is 38.6 Å². The van der Waals surface area contributed by atoms with E-state index < -0.39 is 11.6 Å². The minimum absolute atomic E-state index is 0.238. The van der Waals surface area contributed by atoms with Crippen LogP contribution < -0.4 is 5.32 Å². The molecule has 6 heteroatoms. The number of halogens is 2. The second-order valence-corrected chi connectivity index (χ2v) is 6.28. The number of carbonyl (C=O) groups is 1. The molecular formula is C20H20F2N2O2. The zero-order valence-corrected chi connectivity index (χ0v) is 14.9. The summed E-state index contributed by atoms with van der Waals surface area (Å²) >= 11 is 0. The number of nitrogens with one attached hydrogen (secondary N) is 1. The lowest BCUT2D eigenvalue weighted by Crippen LogP contribution is -2.26. The first kappa shape index (κ1) is 17.9. The predicted octanol–water partition coefficient (Wildman–Crippen LogP) is 4.26. The van der Waals surface area contributed by atoms with Gasteiger partial charge in [-0.25, -0.2) is 8.78 Å². The van der Waals surface area contributed by atoms with Crippen molar-refractivity contribution < 1.29 is 18.0 Å². The molecule has 0 saturated carbocycles. The van der Waals surface area contributed by atoms with Crippen LogP contribution in [0.2, 0.25) is 0 Å². The van der Waals surface area contributed by atoms with Gasteiger partial charge in [-0.15, -0.1) is 0 Å². The summed E-state index contributed by atoms with van der Waals surface area (Å²) in [4.78, 5) is 12.8. The maximum Gasteiger partial charge on any atom is 0.268 e. The second-order valence-electron chi connectivity index (χ2n) is 6.28. The Morgan fingerprint density at radius 3 is 2.54 bits per heavy atom. The Bertz CT molecular complexity index is 943. The van der Waals surface area contributed by atoms with Gasteiger partial charge in [-0.2, -0.15) is 0 Å². The van der Waals surface area contributed by atoms with Crippen LogP contribution in [0.4, 0.5) is 8.78 Å². The summed E-state index contributed by atoms with van der Waals surface area (Å²) in [7, 11) is 0. The third-order valence-corrected chi connectivity index (χ3v) is 4.68. The maximum atomic E-state index is 13.5. The molecule has 0 aliphatic rings. The zero-order valence-electron chi connectivity index (χ0n) is 14.9. The van der Waals surface area contributed by atoms with Gasteiger partial charge < -0.3 is 14.3 Å². The molecule has 1 amide bonds. The topological polar surface area (TPSA) is 47.2 Å². The van der Waals surface area contributed by atoms with Crippen LogP contribution in [-0.2, 0) is 13.1 Å². The average molecular weight is 358 g/mol. The minimum Gasteiger partial charge on any atom is -0.467 e. The normalized spacial score (nSPS) is 11.0. The van der Waals surface area contributed by atoms with Gasteiger partial charge in [0.15, 0.2) is 11.6 Å². The Morgan fingerprint density at radius 1 is 1.12 bits per heavy atom. The van der Waals surface area contributed by atoms with Gasteiger partial charge in [-0.1, -0.05) is 6.07 Å². The van der Waals surface area contributed by atoms with E-state index in [1.165, 1.54) is 6.07 Å². The first-order valence-corrected chi connectivity index (χ1v) is 8.29. The quantitative estimate of drug-likeness (QED) is 0.741. The number of rotatable bonds is 5. The van der Waals surface area contributed by atoms with Gasteiger partial charge in [0.2, 0.25) is 0 Å². The summed E-state index contributed by atoms with van der Waals surface area (Å²) in [6.07, 6.45) is 1.55. The molecule has 0 aliphatic heterocycles. The monoisotopic (exact) mass is 358 g/mol. The van der Waals surface area contributed by atoms with E-state index in [9.17, 15) is 13.6 Å². The summed E-state index contributed by atoms with van der Waals surface area (Å²) < 4.78 is 33.8. The average Bonchev–Trinajstić information content (AvgIpc) is 3.20. The number of hydrogen-bond acceptors (Lipinski definition) is 2. The molecule has 0 saturated heterocycles. The van der Waals surface area contributed by atoms with Gasteiger partial charge in [0.1, 0.15) is 11.5 Å². The van der Waals surface area contributed by atoms with Crippen LogP contribution in [0.15, 0.2) is 41.0 Å². The molecule has 0 atom stereocenters. The van der Waals surface area contributed by atoms with Crippen molar-refractivity contribution in [1.82, 2.24) is 9.88 Å². The van der Waals surface area contributed by atoms with Crippen LogP contribution in [0.3, 0.4) is 0 Å². The van der Waals surface area contributed by atoms with Crippen molar-refractivity contribution in [2.24, 2.45) is 0 Å². The van der Waals surface area contributed by atoms with Crippen LogP contribution in [0, 0.1) is 32.4 Å². The maximum absolute atomic E-state index is 13.5. The molecule has 3 rings (SSSR count). The van der Waals surface area contributed by atoms with Crippen LogP contribution in [-0.4, -0.2) is 10.5 Å². The lowest BCUT2D eigenvalue weighted by atomic mass is 10.1. The van der Waals surface area contributed by atoms with Crippen molar-refractivity contribution in [2.45, 2.75) is 33.9 Å². The van der Waals surface area contributed by atoms with Gasteiger partial charge in [0, 0.05) is 12.2 Å². The molecular weight excluding hydrogens is 338 g/mol. The molecule has 0 aliphatic carbocycles. The second kappa shape index (κ2) is 7.15. The first-order valence-electron chi connectivity index (χ1n) is 8.29. The SMILES string of the molecule is Cc1c(C)c(C(=O)NCc2ccco2)n(Cc2ccc(F)c(F)c2)c1C. The number of nitrogens with zero attached hydrogens (tertiary/aromatic N) is 1. The fourth-order valence-corrected chi connectivity index (χ4v) is 3.00. The van der Waals surface area contributed by atoms with E-state index in [-0.39, 0.29) is 19.0 Å². The first-order chi connectivity index (χ1) is 12.4. The third-order valence-electron chi connectivity index (χ3n) is 4.68. The highest BCUT2D eigenvalue weighted by Crippen LogP contribution is 2.23. The Labute approximate surface area is 150 Å². The predicted molar refractivity (Wildman–Crippen MR) is 94.0 cm³/mol. The minimum atomic E-state index is -0.899. The Kier molecular flexibility index (Phi) is 4.93. The molecule has 0 radical (unpaired) electrons. The zero-order chi connectivity index (χ0) is 18.8. The van der Waals surface area contributed by atoms with E-state index in [2.05, 4.69) is 5.32 Å². The van der Waals surface area contributed by atoms with E-state index in [1.54, 1.807) is 18.4 Å². The number of aromatic nitrogens is 1. The van der Waals surface area contributed by atoms with Crippen molar-refractivity contribution in [3.05, 3.63) is 82.1 Å². The number of amides is 1. The summed E-state index contributed by atoms with van der Waals surface area (Å²) in [5, 5.41) is 2.84. The summed E-state index contributed by atoms with van der Waals surface area (Å²) in [5.74, 6) is -1.37. The lowest BCUT2D eigenvalue weighted by molar-refractivity contribution is 0.0938. The largest absolute Gasteiger partial charge is 0.467 e. The third kappa shape index (κ3) is 3.40. The highest BCUT2D eigenvalue weighted by atomic mass is 19.2. The van der Waals surface area contributed by atoms with E-state index in [0.29, 0.717) is 17.0 Å². The van der Waals surface area contributed by atoms with Crippen molar-refractivity contribution in [1.29, 1.82) is 0 Å². The molecule has 136 valence electrons. The summed E-state index contributed by atoms with van der Waals surface area (Å²) in [6.45, 7) is 6.29. The van der Waals surface area contributed by atoms with E-state index >= 15 is 0 Å². The fraction of sp³-hybridized carbons (Fsp3) is 0.250. The highest BCUT2D eigenvalue weighted by molar-refractivity contribution is 5.94. The molecule has 3 aromatic rings. The van der Waals surface area contributed by atoms with Gasteiger partial charge in [0.05, 0.1) is 12.8 Å². The Morgan fingerprint density at radius 2 is 1.88 bits per heavy atom. The van der Waals surface area contributed by atoms with Crippen LogP contribution in [0.25, 0.3) is 0 Å². The van der Waals surface area contributed by atoms with Crippen molar-refractivity contribution in [3.63, 3.8) is 0 Å². The summed E-state index contributed by atoms with van der Waals surface area (Å²) in [5.41, 5.74) is 3.87. The number of benzene rings is 1. The van der Waals surface area contributed by atoms with Gasteiger partial charge >= 0.3 is 0 Å². The van der Waals surface area contributed by atoms with Gasteiger partial charge in [-0.3, -0.25) is 4.79 Å². The molecule has 0 spiro atoms. The number of hydrogen-bond donors (Lipinski definition) is 1.